The quantitative estimate of drug-likeness (QED) is 0.856. The Bertz CT molecular complexity index is 593. The molecule has 0 radical (unpaired) electrons. The van der Waals surface area contributed by atoms with E-state index in [1.165, 1.54) is 11.8 Å². The molecule has 1 aromatic heterocycles. The highest BCUT2D eigenvalue weighted by molar-refractivity contribution is 7.99. The molecule has 0 bridgehead atoms. The third-order valence-electron chi connectivity index (χ3n) is 2.27. The third kappa shape index (κ3) is 3.56. The molecule has 0 aliphatic carbocycles. The summed E-state index contributed by atoms with van der Waals surface area (Å²) in [5.74, 6) is 0.739. The van der Waals surface area contributed by atoms with Crippen LogP contribution in [0.5, 0.6) is 0 Å². The fourth-order valence-corrected chi connectivity index (χ4v) is 1.93. The molecule has 0 atom stereocenters. The van der Waals surface area contributed by atoms with Gasteiger partial charge in [0, 0.05) is 5.75 Å². The van der Waals surface area contributed by atoms with Crippen LogP contribution in [0, 0.1) is 6.92 Å². The van der Waals surface area contributed by atoms with Crippen LogP contribution in [-0.4, -0.2) is 20.9 Å². The fraction of sp³-hybridized carbons (Fsp3) is 0.154. The molecule has 1 aromatic carbocycles. The van der Waals surface area contributed by atoms with Crippen LogP contribution in [-0.2, 0) is 0 Å². The fourth-order valence-electron chi connectivity index (χ4n) is 1.32. The summed E-state index contributed by atoms with van der Waals surface area (Å²) in [4.78, 5) is 14.0. The van der Waals surface area contributed by atoms with Crippen molar-refractivity contribution in [2.45, 2.75) is 12.1 Å². The summed E-state index contributed by atoms with van der Waals surface area (Å²) in [5, 5.41) is 8.23. The SMILES string of the molecule is Cc1nnc(SCC=Cc2ccccc2)[nH]c1=O. The van der Waals surface area contributed by atoms with Crippen LogP contribution in [0.2, 0.25) is 0 Å². The minimum atomic E-state index is -0.181. The Morgan fingerprint density at radius 1 is 1.28 bits per heavy atom. The van der Waals surface area contributed by atoms with E-state index in [0.29, 0.717) is 10.9 Å². The van der Waals surface area contributed by atoms with Crippen LogP contribution in [0.1, 0.15) is 11.3 Å². The minimum Gasteiger partial charge on any atom is -0.298 e. The molecule has 0 fully saturated rings. The number of benzene rings is 1. The Labute approximate surface area is 109 Å². The van der Waals surface area contributed by atoms with Crippen molar-refractivity contribution >= 4 is 17.8 Å². The second-order valence-electron chi connectivity index (χ2n) is 3.67. The Hall–Kier alpha value is -1.88. The lowest BCUT2D eigenvalue weighted by Gasteiger charge is -1.96. The van der Waals surface area contributed by atoms with Gasteiger partial charge in [0.2, 0.25) is 0 Å². The van der Waals surface area contributed by atoms with Gasteiger partial charge in [-0.25, -0.2) is 0 Å². The summed E-state index contributed by atoms with van der Waals surface area (Å²) in [6, 6.07) is 10.0. The summed E-state index contributed by atoms with van der Waals surface area (Å²) in [6.07, 6.45) is 4.06. The predicted octanol–water partition coefficient (Wildman–Crippen LogP) is 2.28. The highest BCUT2D eigenvalue weighted by atomic mass is 32.2. The van der Waals surface area contributed by atoms with E-state index in [1.807, 2.05) is 42.5 Å². The first-order valence-electron chi connectivity index (χ1n) is 5.54. The molecule has 0 saturated carbocycles. The zero-order chi connectivity index (χ0) is 12.8. The molecular weight excluding hydrogens is 246 g/mol. The normalized spacial score (nSPS) is 10.9. The molecule has 1 N–H and O–H groups in total. The Morgan fingerprint density at radius 2 is 2.06 bits per heavy atom. The lowest BCUT2D eigenvalue weighted by atomic mass is 10.2. The standard InChI is InChI=1S/C13H13N3OS/c1-10-12(17)14-13(16-15-10)18-9-5-8-11-6-3-2-4-7-11/h2-8H,9H2,1H3,(H,14,16,17). The molecule has 0 aliphatic heterocycles. The molecule has 5 heteroatoms. The maximum absolute atomic E-state index is 11.3. The van der Waals surface area contributed by atoms with Gasteiger partial charge < -0.3 is 0 Å². The van der Waals surface area contributed by atoms with Gasteiger partial charge in [-0.1, -0.05) is 54.2 Å². The van der Waals surface area contributed by atoms with Crippen LogP contribution in [0.25, 0.3) is 6.08 Å². The number of nitrogens with one attached hydrogen (secondary N) is 1. The lowest BCUT2D eigenvalue weighted by Crippen LogP contribution is -2.14. The molecule has 18 heavy (non-hydrogen) atoms. The number of nitrogens with zero attached hydrogens (tertiary/aromatic N) is 2. The van der Waals surface area contributed by atoms with Gasteiger partial charge in [0.1, 0.15) is 5.69 Å². The summed E-state index contributed by atoms with van der Waals surface area (Å²) in [6.45, 7) is 1.63. The van der Waals surface area contributed by atoms with Crippen molar-refractivity contribution in [1.82, 2.24) is 15.2 Å². The van der Waals surface area contributed by atoms with E-state index in [9.17, 15) is 4.79 Å². The van der Waals surface area contributed by atoms with Crippen molar-refractivity contribution in [1.29, 1.82) is 0 Å². The van der Waals surface area contributed by atoms with Gasteiger partial charge in [-0.15, -0.1) is 10.2 Å². The van der Waals surface area contributed by atoms with E-state index >= 15 is 0 Å². The van der Waals surface area contributed by atoms with E-state index in [2.05, 4.69) is 15.2 Å². The van der Waals surface area contributed by atoms with E-state index in [1.54, 1.807) is 6.92 Å². The summed E-state index contributed by atoms with van der Waals surface area (Å²) in [7, 11) is 0. The smallest absolute Gasteiger partial charge is 0.273 e. The highest BCUT2D eigenvalue weighted by Gasteiger charge is 1.98. The van der Waals surface area contributed by atoms with E-state index in [4.69, 9.17) is 0 Å². The summed E-state index contributed by atoms with van der Waals surface area (Å²) >= 11 is 1.45. The Kier molecular flexibility index (Phi) is 4.30. The van der Waals surface area contributed by atoms with Crippen molar-refractivity contribution < 1.29 is 0 Å². The topological polar surface area (TPSA) is 58.6 Å². The Morgan fingerprint density at radius 3 is 2.78 bits per heavy atom. The second kappa shape index (κ2) is 6.16. The molecule has 1 heterocycles. The number of hydrogen-bond acceptors (Lipinski definition) is 4. The number of aromatic amines is 1. The van der Waals surface area contributed by atoms with Crippen molar-refractivity contribution in [2.24, 2.45) is 0 Å². The van der Waals surface area contributed by atoms with Gasteiger partial charge in [0.05, 0.1) is 0 Å². The van der Waals surface area contributed by atoms with Gasteiger partial charge >= 0.3 is 0 Å². The highest BCUT2D eigenvalue weighted by Crippen LogP contribution is 2.10. The van der Waals surface area contributed by atoms with Crippen molar-refractivity contribution in [3.63, 3.8) is 0 Å². The maximum atomic E-state index is 11.3. The van der Waals surface area contributed by atoms with Crippen LogP contribution in [0.3, 0.4) is 0 Å². The van der Waals surface area contributed by atoms with Crippen molar-refractivity contribution in [2.75, 3.05) is 5.75 Å². The average Bonchev–Trinajstić information content (AvgIpc) is 2.40. The number of aryl methyl sites for hydroxylation is 1. The summed E-state index contributed by atoms with van der Waals surface area (Å²) in [5.41, 5.74) is 1.36. The van der Waals surface area contributed by atoms with Crippen molar-refractivity contribution in [3.8, 4) is 0 Å². The minimum absolute atomic E-state index is 0.181. The first kappa shape index (κ1) is 12.6. The monoisotopic (exact) mass is 259 g/mol. The largest absolute Gasteiger partial charge is 0.298 e. The number of aromatic nitrogens is 3. The van der Waals surface area contributed by atoms with Crippen LogP contribution in [0.15, 0.2) is 46.4 Å². The first-order valence-corrected chi connectivity index (χ1v) is 6.52. The van der Waals surface area contributed by atoms with Gasteiger partial charge in [-0.05, 0) is 12.5 Å². The number of hydrogen-bond donors (Lipinski definition) is 1. The molecule has 0 saturated heterocycles. The van der Waals surface area contributed by atoms with E-state index in [0.717, 1.165) is 11.3 Å². The average molecular weight is 259 g/mol. The number of thioether (sulfide) groups is 1. The molecule has 0 amide bonds. The molecule has 0 spiro atoms. The second-order valence-corrected chi connectivity index (χ2v) is 4.68. The zero-order valence-electron chi connectivity index (χ0n) is 9.96. The summed E-state index contributed by atoms with van der Waals surface area (Å²) < 4.78 is 0. The molecule has 92 valence electrons. The Balaban J connectivity index is 1.91. The number of H-pyrrole nitrogens is 1. The van der Waals surface area contributed by atoms with Crippen molar-refractivity contribution in [3.05, 3.63) is 58.0 Å². The maximum Gasteiger partial charge on any atom is 0.273 e. The van der Waals surface area contributed by atoms with Crippen LogP contribution < -0.4 is 5.56 Å². The molecular formula is C13H13N3OS. The van der Waals surface area contributed by atoms with Gasteiger partial charge in [0.15, 0.2) is 5.16 Å². The predicted molar refractivity (Wildman–Crippen MR) is 73.6 cm³/mol. The number of rotatable bonds is 4. The molecule has 2 aromatic rings. The van der Waals surface area contributed by atoms with Gasteiger partial charge in [-0.2, -0.15) is 0 Å². The molecule has 2 rings (SSSR count). The van der Waals surface area contributed by atoms with Crippen LogP contribution >= 0.6 is 11.8 Å². The molecule has 0 aliphatic rings. The van der Waals surface area contributed by atoms with E-state index < -0.39 is 0 Å². The van der Waals surface area contributed by atoms with Gasteiger partial charge in [-0.3, -0.25) is 9.78 Å². The lowest BCUT2D eigenvalue weighted by molar-refractivity contribution is 0.790. The van der Waals surface area contributed by atoms with Crippen LogP contribution in [0.4, 0.5) is 0 Å². The van der Waals surface area contributed by atoms with E-state index in [-0.39, 0.29) is 5.56 Å². The zero-order valence-corrected chi connectivity index (χ0v) is 10.8. The van der Waals surface area contributed by atoms with Gasteiger partial charge in [0.25, 0.3) is 5.56 Å². The molecule has 0 unspecified atom stereocenters. The molecule has 4 nitrogen and oxygen atoms in total. The third-order valence-corrected chi connectivity index (χ3v) is 3.08. The first-order chi connectivity index (χ1) is 8.75.